The lowest BCUT2D eigenvalue weighted by atomic mass is 10.1. The van der Waals surface area contributed by atoms with Crippen LogP contribution in [0.3, 0.4) is 0 Å². The van der Waals surface area contributed by atoms with E-state index in [1.54, 1.807) is 0 Å². The Morgan fingerprint density at radius 3 is 2.31 bits per heavy atom. The Labute approximate surface area is 80.6 Å². The summed E-state index contributed by atoms with van der Waals surface area (Å²) < 4.78 is 0. The van der Waals surface area contributed by atoms with E-state index < -0.39 is 0 Å². The molecule has 0 bridgehead atoms. The molecule has 0 N–H and O–H groups in total. The van der Waals surface area contributed by atoms with Crippen LogP contribution >= 0.6 is 0 Å². The zero-order chi connectivity index (χ0) is 10.0. The molecule has 1 amide bonds. The Hall–Kier alpha value is -0.790. The fourth-order valence-electron chi connectivity index (χ4n) is 1.57. The number of carbonyl (C=O) groups excluding carboxylic acids is 1. The van der Waals surface area contributed by atoms with Gasteiger partial charge >= 0.3 is 0 Å². The van der Waals surface area contributed by atoms with Gasteiger partial charge in [0, 0.05) is 18.7 Å². The summed E-state index contributed by atoms with van der Waals surface area (Å²) in [7, 11) is 0. The predicted octanol–water partition coefficient (Wildman–Crippen LogP) is 2.21. The molecule has 0 saturated carbocycles. The topological polar surface area (TPSA) is 20.3 Å². The van der Waals surface area contributed by atoms with Crippen LogP contribution in [-0.4, -0.2) is 23.9 Å². The van der Waals surface area contributed by atoms with Gasteiger partial charge in [0.25, 0.3) is 0 Å². The number of amides is 1. The summed E-state index contributed by atoms with van der Waals surface area (Å²) in [4.78, 5) is 13.8. The Morgan fingerprint density at radius 2 is 1.92 bits per heavy atom. The first-order valence-corrected chi connectivity index (χ1v) is 4.95. The Morgan fingerprint density at radius 1 is 1.31 bits per heavy atom. The molecule has 1 heterocycles. The van der Waals surface area contributed by atoms with Crippen molar-refractivity contribution in [3.05, 3.63) is 11.1 Å². The van der Waals surface area contributed by atoms with Gasteiger partial charge in [0.1, 0.15) is 0 Å². The maximum Gasteiger partial charge on any atom is 0.249 e. The standard InChI is InChI=1S/C11H19NO/c1-8(2)10(4)11(13)12-6-5-9(3)7-12/h9H,5-7H2,1-4H3. The van der Waals surface area contributed by atoms with Crippen LogP contribution in [0.2, 0.25) is 0 Å². The highest BCUT2D eigenvalue weighted by atomic mass is 16.2. The third kappa shape index (κ3) is 2.33. The SMILES string of the molecule is CC(C)=C(C)C(=O)N1CCC(C)C1. The molecule has 2 nitrogen and oxygen atoms in total. The minimum Gasteiger partial charge on any atom is -0.339 e. The summed E-state index contributed by atoms with van der Waals surface area (Å²) in [6.07, 6.45) is 1.15. The average Bonchev–Trinajstić information content (AvgIpc) is 2.49. The lowest BCUT2D eigenvalue weighted by Crippen LogP contribution is -2.29. The first-order chi connectivity index (χ1) is 6.02. The second-order valence-corrected chi connectivity index (χ2v) is 4.27. The number of allylic oxidation sites excluding steroid dienone is 1. The van der Waals surface area contributed by atoms with Crippen molar-refractivity contribution in [2.45, 2.75) is 34.1 Å². The highest BCUT2D eigenvalue weighted by Crippen LogP contribution is 2.18. The van der Waals surface area contributed by atoms with Crippen molar-refractivity contribution in [2.24, 2.45) is 5.92 Å². The van der Waals surface area contributed by atoms with Crippen LogP contribution in [-0.2, 0) is 4.79 Å². The highest BCUT2D eigenvalue weighted by molar-refractivity contribution is 5.93. The largest absolute Gasteiger partial charge is 0.339 e. The fourth-order valence-corrected chi connectivity index (χ4v) is 1.57. The van der Waals surface area contributed by atoms with Gasteiger partial charge in [0.15, 0.2) is 0 Å². The zero-order valence-electron chi connectivity index (χ0n) is 9.05. The first-order valence-electron chi connectivity index (χ1n) is 4.95. The van der Waals surface area contributed by atoms with Gasteiger partial charge < -0.3 is 4.90 Å². The number of rotatable bonds is 1. The summed E-state index contributed by atoms with van der Waals surface area (Å²) in [5.41, 5.74) is 2.04. The Kier molecular flexibility index (Phi) is 3.12. The van der Waals surface area contributed by atoms with Gasteiger partial charge in [-0.15, -0.1) is 0 Å². The molecule has 1 aliphatic rings. The summed E-state index contributed by atoms with van der Waals surface area (Å²) in [6, 6.07) is 0. The van der Waals surface area contributed by atoms with E-state index >= 15 is 0 Å². The van der Waals surface area contributed by atoms with E-state index in [4.69, 9.17) is 0 Å². The molecule has 1 rings (SSSR count). The molecule has 0 aliphatic carbocycles. The normalized spacial score (nSPS) is 21.8. The van der Waals surface area contributed by atoms with E-state index in [1.807, 2.05) is 25.7 Å². The molecule has 0 aromatic heterocycles. The maximum atomic E-state index is 11.8. The second-order valence-electron chi connectivity index (χ2n) is 4.27. The predicted molar refractivity (Wildman–Crippen MR) is 54.4 cm³/mol. The quantitative estimate of drug-likeness (QED) is 0.568. The maximum absolute atomic E-state index is 11.8. The van der Waals surface area contributed by atoms with Gasteiger partial charge in [-0.25, -0.2) is 0 Å². The monoisotopic (exact) mass is 181 g/mol. The molecule has 74 valence electrons. The molecule has 13 heavy (non-hydrogen) atoms. The van der Waals surface area contributed by atoms with Crippen molar-refractivity contribution >= 4 is 5.91 Å². The van der Waals surface area contributed by atoms with Crippen LogP contribution < -0.4 is 0 Å². The third-order valence-corrected chi connectivity index (χ3v) is 2.78. The average molecular weight is 181 g/mol. The van der Waals surface area contributed by atoms with Crippen molar-refractivity contribution in [1.29, 1.82) is 0 Å². The van der Waals surface area contributed by atoms with Gasteiger partial charge in [-0.2, -0.15) is 0 Å². The van der Waals surface area contributed by atoms with Crippen molar-refractivity contribution in [2.75, 3.05) is 13.1 Å². The minimum atomic E-state index is 0.226. The van der Waals surface area contributed by atoms with E-state index in [2.05, 4.69) is 6.92 Å². The zero-order valence-corrected chi connectivity index (χ0v) is 9.05. The summed E-state index contributed by atoms with van der Waals surface area (Å²) in [5.74, 6) is 0.901. The molecule has 0 aromatic rings. The van der Waals surface area contributed by atoms with Crippen molar-refractivity contribution in [3.8, 4) is 0 Å². The summed E-state index contributed by atoms with van der Waals surface area (Å²) in [6.45, 7) is 9.97. The molecule has 0 spiro atoms. The van der Waals surface area contributed by atoms with Crippen LogP contribution in [0.1, 0.15) is 34.1 Å². The van der Waals surface area contributed by atoms with Crippen molar-refractivity contribution < 1.29 is 4.79 Å². The van der Waals surface area contributed by atoms with E-state index in [0.29, 0.717) is 5.92 Å². The molecule has 1 saturated heterocycles. The van der Waals surface area contributed by atoms with Crippen LogP contribution in [0.5, 0.6) is 0 Å². The van der Waals surface area contributed by atoms with Gasteiger partial charge in [-0.3, -0.25) is 4.79 Å². The van der Waals surface area contributed by atoms with Gasteiger partial charge in [0.05, 0.1) is 0 Å². The van der Waals surface area contributed by atoms with E-state index in [-0.39, 0.29) is 5.91 Å². The first kappa shape index (κ1) is 10.3. The van der Waals surface area contributed by atoms with E-state index in [0.717, 1.165) is 30.7 Å². The van der Waals surface area contributed by atoms with Crippen molar-refractivity contribution in [3.63, 3.8) is 0 Å². The molecule has 1 fully saturated rings. The number of hydrogen-bond donors (Lipinski definition) is 0. The molecule has 1 aliphatic heterocycles. The molecular formula is C11H19NO. The molecule has 0 aromatic carbocycles. The smallest absolute Gasteiger partial charge is 0.249 e. The molecule has 1 unspecified atom stereocenters. The molecule has 1 atom stereocenters. The molecule has 2 heteroatoms. The molecular weight excluding hydrogens is 162 g/mol. The number of hydrogen-bond acceptors (Lipinski definition) is 1. The lowest BCUT2D eigenvalue weighted by molar-refractivity contribution is -0.126. The number of carbonyl (C=O) groups is 1. The Bertz CT molecular complexity index is 238. The highest BCUT2D eigenvalue weighted by Gasteiger charge is 2.23. The van der Waals surface area contributed by atoms with Gasteiger partial charge in [0.2, 0.25) is 5.91 Å². The fraction of sp³-hybridized carbons (Fsp3) is 0.727. The van der Waals surface area contributed by atoms with Crippen molar-refractivity contribution in [1.82, 2.24) is 4.90 Å². The van der Waals surface area contributed by atoms with Crippen LogP contribution in [0.25, 0.3) is 0 Å². The number of likely N-dealkylation sites (tertiary alicyclic amines) is 1. The van der Waals surface area contributed by atoms with Gasteiger partial charge in [-0.05, 0) is 33.1 Å². The summed E-state index contributed by atoms with van der Waals surface area (Å²) >= 11 is 0. The van der Waals surface area contributed by atoms with Crippen LogP contribution in [0.4, 0.5) is 0 Å². The third-order valence-electron chi connectivity index (χ3n) is 2.78. The van der Waals surface area contributed by atoms with Gasteiger partial charge in [-0.1, -0.05) is 12.5 Å². The number of nitrogens with zero attached hydrogens (tertiary/aromatic N) is 1. The lowest BCUT2D eigenvalue weighted by Gasteiger charge is -2.16. The summed E-state index contributed by atoms with van der Waals surface area (Å²) in [5, 5.41) is 0. The molecule has 0 radical (unpaired) electrons. The minimum absolute atomic E-state index is 0.226. The van der Waals surface area contributed by atoms with E-state index in [9.17, 15) is 4.79 Å². The Balaban J connectivity index is 2.64. The van der Waals surface area contributed by atoms with Crippen LogP contribution in [0.15, 0.2) is 11.1 Å². The van der Waals surface area contributed by atoms with E-state index in [1.165, 1.54) is 0 Å². The second kappa shape index (κ2) is 3.95. The van der Waals surface area contributed by atoms with Crippen LogP contribution in [0, 0.1) is 5.92 Å².